The van der Waals surface area contributed by atoms with Gasteiger partial charge in [-0.25, -0.2) is 0 Å². The van der Waals surface area contributed by atoms with Gasteiger partial charge in [0.15, 0.2) is 0 Å². The maximum absolute atomic E-state index is 11.1. The Balaban J connectivity index is 1.32. The summed E-state index contributed by atoms with van der Waals surface area (Å²) in [5.74, 6) is 0.893. The molecule has 2 aromatic carbocycles. The van der Waals surface area contributed by atoms with Crippen molar-refractivity contribution in [3.63, 3.8) is 0 Å². The van der Waals surface area contributed by atoms with Crippen LogP contribution in [0.2, 0.25) is 5.02 Å². The first-order valence-electron chi connectivity index (χ1n) is 11.6. The molecule has 0 amide bonds. The molecule has 5 heteroatoms. The lowest BCUT2D eigenvalue weighted by atomic mass is 9.78. The molecular formula is C26H36ClN3O. The van der Waals surface area contributed by atoms with E-state index in [0.717, 1.165) is 49.5 Å². The number of benzene rings is 2. The van der Waals surface area contributed by atoms with Crippen molar-refractivity contribution in [2.45, 2.75) is 50.3 Å². The van der Waals surface area contributed by atoms with Gasteiger partial charge in [0.2, 0.25) is 0 Å². The fourth-order valence-corrected chi connectivity index (χ4v) is 5.38. The van der Waals surface area contributed by atoms with Crippen LogP contribution in [-0.2, 0) is 0 Å². The molecule has 0 spiro atoms. The number of likely N-dealkylation sites (N-methyl/N-ethyl adjacent to an activating group) is 1. The lowest BCUT2D eigenvalue weighted by Gasteiger charge is -2.37. The average molecular weight is 442 g/mol. The molecule has 1 heterocycles. The second kappa shape index (κ2) is 9.81. The van der Waals surface area contributed by atoms with Gasteiger partial charge in [-0.2, -0.15) is 0 Å². The van der Waals surface area contributed by atoms with Crippen molar-refractivity contribution in [2.75, 3.05) is 44.0 Å². The molecule has 1 saturated carbocycles. The van der Waals surface area contributed by atoms with Crippen LogP contribution in [0.1, 0.15) is 43.6 Å². The van der Waals surface area contributed by atoms with Crippen LogP contribution in [-0.4, -0.2) is 56.5 Å². The molecule has 1 aliphatic heterocycles. The highest BCUT2D eigenvalue weighted by molar-refractivity contribution is 6.30. The monoisotopic (exact) mass is 441 g/mol. The molecule has 0 aromatic heterocycles. The Morgan fingerprint density at radius 2 is 1.55 bits per heavy atom. The Morgan fingerprint density at radius 1 is 0.903 bits per heavy atom. The van der Waals surface area contributed by atoms with Crippen LogP contribution in [0.3, 0.4) is 0 Å². The number of hydrogen-bond donors (Lipinski definition) is 1. The highest BCUT2D eigenvalue weighted by Gasteiger charge is 2.30. The summed E-state index contributed by atoms with van der Waals surface area (Å²) in [6.07, 6.45) is 5.12. The fourth-order valence-electron chi connectivity index (χ4n) is 5.25. The summed E-state index contributed by atoms with van der Waals surface area (Å²) >= 11 is 6.03. The molecule has 4 rings (SSSR count). The first-order chi connectivity index (χ1) is 14.9. The van der Waals surface area contributed by atoms with E-state index in [1.54, 1.807) is 0 Å². The normalized spacial score (nSPS) is 25.1. The van der Waals surface area contributed by atoms with Crippen LogP contribution < -0.4 is 9.80 Å². The number of anilines is 2. The Bertz CT molecular complexity index is 831. The SMILES string of the molecule is CN(C)C1CCN(c2ccc(N(C)C(O)C3CCC(c4ccc(Cl)cc4)CC3)cc2)C1. The van der Waals surface area contributed by atoms with Crippen molar-refractivity contribution in [3.05, 3.63) is 59.1 Å². The largest absolute Gasteiger partial charge is 0.373 e. The zero-order valence-corrected chi connectivity index (χ0v) is 19.8. The summed E-state index contributed by atoms with van der Waals surface area (Å²) in [5, 5.41) is 11.9. The summed E-state index contributed by atoms with van der Waals surface area (Å²) in [7, 11) is 6.34. The molecule has 31 heavy (non-hydrogen) atoms. The van der Waals surface area contributed by atoms with Gasteiger partial charge in [0.1, 0.15) is 6.23 Å². The Kier molecular flexibility index (Phi) is 7.10. The quantitative estimate of drug-likeness (QED) is 0.623. The van der Waals surface area contributed by atoms with Crippen molar-refractivity contribution >= 4 is 23.0 Å². The van der Waals surface area contributed by atoms with E-state index in [-0.39, 0.29) is 0 Å². The molecule has 1 aliphatic carbocycles. The van der Waals surface area contributed by atoms with Crippen LogP contribution in [0.15, 0.2) is 48.5 Å². The van der Waals surface area contributed by atoms with Gasteiger partial charge in [-0.3, -0.25) is 0 Å². The standard InChI is InChI=1S/C26H36ClN3O/c1-28(2)25-16-17-30(18-25)24-14-12-23(13-15-24)29(3)26(31)21-6-4-19(5-7-21)20-8-10-22(27)11-9-20/h8-15,19,21,25-26,31H,4-7,16-18H2,1-3H3. The average Bonchev–Trinajstić information content (AvgIpc) is 3.30. The first kappa shape index (κ1) is 22.4. The van der Waals surface area contributed by atoms with E-state index in [4.69, 9.17) is 11.6 Å². The van der Waals surface area contributed by atoms with Gasteiger partial charge < -0.3 is 19.8 Å². The van der Waals surface area contributed by atoms with E-state index < -0.39 is 6.23 Å². The second-order valence-corrected chi connectivity index (χ2v) is 9.99. The summed E-state index contributed by atoms with van der Waals surface area (Å²) in [4.78, 5) is 6.83. The predicted molar refractivity (Wildman–Crippen MR) is 131 cm³/mol. The van der Waals surface area contributed by atoms with E-state index in [1.165, 1.54) is 17.7 Å². The number of hydrogen-bond acceptors (Lipinski definition) is 4. The molecule has 1 saturated heterocycles. The lowest BCUT2D eigenvalue weighted by molar-refractivity contribution is 0.0816. The molecule has 2 unspecified atom stereocenters. The Labute approximate surface area is 192 Å². The summed E-state index contributed by atoms with van der Waals surface area (Å²) in [6.45, 7) is 2.19. The smallest absolute Gasteiger partial charge is 0.129 e. The van der Waals surface area contributed by atoms with Gasteiger partial charge in [-0.05, 0) is 94.1 Å². The minimum Gasteiger partial charge on any atom is -0.373 e. The molecule has 0 bridgehead atoms. The number of aliphatic hydroxyl groups excluding tert-OH is 1. The van der Waals surface area contributed by atoms with Crippen molar-refractivity contribution < 1.29 is 5.11 Å². The van der Waals surface area contributed by atoms with Gasteiger partial charge in [-0.1, -0.05) is 23.7 Å². The topological polar surface area (TPSA) is 30.0 Å². The highest BCUT2D eigenvalue weighted by Crippen LogP contribution is 2.38. The molecule has 2 atom stereocenters. The molecule has 1 N–H and O–H groups in total. The summed E-state index contributed by atoms with van der Waals surface area (Å²) in [6, 6.07) is 17.6. The lowest BCUT2D eigenvalue weighted by Crippen LogP contribution is -2.39. The fraction of sp³-hybridized carbons (Fsp3) is 0.538. The summed E-state index contributed by atoms with van der Waals surface area (Å²) in [5.41, 5.74) is 3.73. The number of halogens is 1. The van der Waals surface area contributed by atoms with Crippen molar-refractivity contribution in [1.29, 1.82) is 0 Å². The zero-order chi connectivity index (χ0) is 22.0. The molecular weight excluding hydrogens is 406 g/mol. The molecule has 2 aromatic rings. The number of rotatable bonds is 6. The van der Waals surface area contributed by atoms with Crippen molar-refractivity contribution in [3.8, 4) is 0 Å². The molecule has 4 nitrogen and oxygen atoms in total. The maximum Gasteiger partial charge on any atom is 0.129 e. The summed E-state index contributed by atoms with van der Waals surface area (Å²) < 4.78 is 0. The van der Waals surface area contributed by atoms with Gasteiger partial charge in [-0.15, -0.1) is 0 Å². The van der Waals surface area contributed by atoms with Gasteiger partial charge in [0, 0.05) is 48.5 Å². The minimum atomic E-state index is -0.443. The van der Waals surface area contributed by atoms with Gasteiger partial charge >= 0.3 is 0 Å². The maximum atomic E-state index is 11.1. The molecule has 168 valence electrons. The van der Waals surface area contributed by atoms with Crippen LogP contribution in [0.4, 0.5) is 11.4 Å². The van der Waals surface area contributed by atoms with Crippen LogP contribution in [0, 0.1) is 5.92 Å². The van der Waals surface area contributed by atoms with E-state index in [1.807, 2.05) is 24.1 Å². The van der Waals surface area contributed by atoms with Gasteiger partial charge in [0.05, 0.1) is 0 Å². The highest BCUT2D eigenvalue weighted by atomic mass is 35.5. The van der Waals surface area contributed by atoms with Crippen LogP contribution in [0.5, 0.6) is 0 Å². The van der Waals surface area contributed by atoms with E-state index in [9.17, 15) is 5.11 Å². The third-order valence-corrected chi connectivity index (χ3v) is 7.70. The molecule has 2 aliphatic rings. The van der Waals surface area contributed by atoms with Crippen LogP contribution in [0.25, 0.3) is 0 Å². The Hall–Kier alpha value is -1.75. The van der Waals surface area contributed by atoms with E-state index in [0.29, 0.717) is 17.9 Å². The van der Waals surface area contributed by atoms with Crippen molar-refractivity contribution in [2.24, 2.45) is 5.92 Å². The third kappa shape index (κ3) is 5.19. The molecule has 0 radical (unpaired) electrons. The first-order valence-corrected chi connectivity index (χ1v) is 12.0. The number of aliphatic hydroxyl groups is 1. The van der Waals surface area contributed by atoms with E-state index in [2.05, 4.69) is 60.3 Å². The Morgan fingerprint density at radius 3 is 2.13 bits per heavy atom. The second-order valence-electron chi connectivity index (χ2n) is 9.56. The zero-order valence-electron chi connectivity index (χ0n) is 19.0. The van der Waals surface area contributed by atoms with Crippen molar-refractivity contribution in [1.82, 2.24) is 4.90 Å². The van der Waals surface area contributed by atoms with Gasteiger partial charge in [0.25, 0.3) is 0 Å². The number of nitrogens with zero attached hydrogens (tertiary/aromatic N) is 3. The van der Waals surface area contributed by atoms with E-state index >= 15 is 0 Å². The minimum absolute atomic E-state index is 0.313. The molecule has 2 fully saturated rings. The van der Waals surface area contributed by atoms with Crippen LogP contribution >= 0.6 is 11.6 Å². The third-order valence-electron chi connectivity index (χ3n) is 7.45. The predicted octanol–water partition coefficient (Wildman–Crippen LogP) is 5.21.